The Hall–Kier alpha value is -0.670. The molecule has 0 aliphatic carbocycles. The molecule has 0 bridgehead atoms. The number of thiophene rings is 1. The van der Waals surface area contributed by atoms with Crippen LogP contribution in [0.25, 0.3) is 0 Å². The van der Waals surface area contributed by atoms with Crippen molar-refractivity contribution in [3.05, 3.63) is 21.9 Å². The molecule has 1 saturated heterocycles. The van der Waals surface area contributed by atoms with Crippen LogP contribution in [-0.4, -0.2) is 19.4 Å². The summed E-state index contributed by atoms with van der Waals surface area (Å²) in [6, 6.07) is 4.04. The lowest BCUT2D eigenvalue weighted by Gasteiger charge is -2.28. The van der Waals surface area contributed by atoms with E-state index in [2.05, 4.69) is 18.3 Å². The van der Waals surface area contributed by atoms with Gasteiger partial charge in [-0.1, -0.05) is 6.92 Å². The molecular weight excluding hydrogens is 194 g/mol. The molecule has 2 nitrogen and oxygen atoms in total. The first kappa shape index (κ1) is 9.87. The predicted octanol–water partition coefficient (Wildman–Crippen LogP) is 2.27. The second-order valence-electron chi connectivity index (χ2n) is 3.93. The summed E-state index contributed by atoms with van der Waals surface area (Å²) in [4.78, 5) is 12.8. The van der Waals surface area contributed by atoms with Gasteiger partial charge in [0.05, 0.1) is 4.88 Å². The summed E-state index contributed by atoms with van der Waals surface area (Å²) in [5.41, 5.74) is 0. The number of rotatable bonds is 2. The van der Waals surface area contributed by atoms with Crippen molar-refractivity contribution in [2.24, 2.45) is 5.92 Å². The van der Waals surface area contributed by atoms with Crippen molar-refractivity contribution < 1.29 is 4.79 Å². The second kappa shape index (κ2) is 4.24. The van der Waals surface area contributed by atoms with Gasteiger partial charge in [-0.2, -0.15) is 0 Å². The third kappa shape index (κ3) is 1.88. The molecule has 0 aromatic carbocycles. The van der Waals surface area contributed by atoms with Crippen molar-refractivity contribution in [1.29, 1.82) is 0 Å². The fraction of sp³-hybridized carbons (Fsp3) is 0.545. The van der Waals surface area contributed by atoms with Gasteiger partial charge in [0.25, 0.3) is 0 Å². The summed E-state index contributed by atoms with van der Waals surface area (Å²) in [5, 5.41) is 3.39. The molecule has 0 spiro atoms. The summed E-state index contributed by atoms with van der Waals surface area (Å²) < 4.78 is 0. The van der Waals surface area contributed by atoms with Gasteiger partial charge in [-0.05, 0) is 43.5 Å². The summed E-state index contributed by atoms with van der Waals surface area (Å²) in [6.07, 6.45) is 2.14. The molecule has 0 saturated carbocycles. The molecule has 1 aliphatic heterocycles. The SMILES string of the molecule is CC1CNCCC1c1ccc(C=O)s1. The van der Waals surface area contributed by atoms with Gasteiger partial charge in [-0.3, -0.25) is 4.79 Å². The zero-order chi connectivity index (χ0) is 9.97. The standard InChI is InChI=1S/C11H15NOS/c1-8-6-12-5-4-10(8)11-3-2-9(7-13)14-11/h2-3,7-8,10,12H,4-6H2,1H3. The lowest BCUT2D eigenvalue weighted by atomic mass is 9.87. The van der Waals surface area contributed by atoms with Gasteiger partial charge >= 0.3 is 0 Å². The Morgan fingerprint density at radius 3 is 3.07 bits per heavy atom. The topological polar surface area (TPSA) is 29.1 Å². The molecule has 0 radical (unpaired) electrons. The number of carbonyl (C=O) groups is 1. The molecule has 1 aromatic heterocycles. The van der Waals surface area contributed by atoms with E-state index < -0.39 is 0 Å². The number of aldehydes is 1. The number of hydrogen-bond acceptors (Lipinski definition) is 3. The Morgan fingerprint density at radius 1 is 1.57 bits per heavy atom. The zero-order valence-electron chi connectivity index (χ0n) is 8.32. The Labute approximate surface area is 88.3 Å². The van der Waals surface area contributed by atoms with E-state index in [9.17, 15) is 4.79 Å². The van der Waals surface area contributed by atoms with E-state index in [4.69, 9.17) is 0 Å². The maximum Gasteiger partial charge on any atom is 0.160 e. The molecule has 14 heavy (non-hydrogen) atoms. The van der Waals surface area contributed by atoms with E-state index in [1.165, 1.54) is 11.3 Å². The highest BCUT2D eigenvalue weighted by Gasteiger charge is 2.23. The van der Waals surface area contributed by atoms with Gasteiger partial charge < -0.3 is 5.32 Å². The first-order chi connectivity index (χ1) is 6.81. The minimum Gasteiger partial charge on any atom is -0.316 e. The fourth-order valence-corrected chi connectivity index (χ4v) is 3.16. The molecule has 1 N–H and O–H groups in total. The molecule has 76 valence electrons. The van der Waals surface area contributed by atoms with Crippen molar-refractivity contribution in [3.8, 4) is 0 Å². The van der Waals surface area contributed by atoms with E-state index in [1.54, 1.807) is 11.3 Å². The first-order valence-corrected chi connectivity index (χ1v) is 5.88. The fourth-order valence-electron chi connectivity index (χ4n) is 2.07. The average Bonchev–Trinajstić information content (AvgIpc) is 2.67. The van der Waals surface area contributed by atoms with Gasteiger partial charge in [-0.25, -0.2) is 0 Å². The highest BCUT2D eigenvalue weighted by atomic mass is 32.1. The van der Waals surface area contributed by atoms with Crippen LogP contribution in [0.2, 0.25) is 0 Å². The van der Waals surface area contributed by atoms with Crippen LogP contribution in [0.1, 0.15) is 33.8 Å². The van der Waals surface area contributed by atoms with E-state index in [0.717, 1.165) is 24.3 Å². The van der Waals surface area contributed by atoms with Crippen LogP contribution in [0.5, 0.6) is 0 Å². The Balaban J connectivity index is 2.16. The predicted molar refractivity (Wildman–Crippen MR) is 59.1 cm³/mol. The summed E-state index contributed by atoms with van der Waals surface area (Å²) >= 11 is 1.65. The number of piperidine rings is 1. The lowest BCUT2D eigenvalue weighted by Crippen LogP contribution is -2.33. The molecule has 2 heterocycles. The Kier molecular flexibility index (Phi) is 2.99. The summed E-state index contributed by atoms with van der Waals surface area (Å²) in [7, 11) is 0. The van der Waals surface area contributed by atoms with E-state index >= 15 is 0 Å². The molecule has 3 heteroatoms. The summed E-state index contributed by atoms with van der Waals surface area (Å²) in [5.74, 6) is 1.33. The van der Waals surface area contributed by atoms with Crippen LogP contribution in [0, 0.1) is 5.92 Å². The van der Waals surface area contributed by atoms with Crippen molar-refractivity contribution in [1.82, 2.24) is 5.32 Å². The normalized spacial score (nSPS) is 27.5. The number of nitrogens with one attached hydrogen (secondary N) is 1. The van der Waals surface area contributed by atoms with Crippen molar-refractivity contribution >= 4 is 17.6 Å². The van der Waals surface area contributed by atoms with Crippen LogP contribution >= 0.6 is 11.3 Å². The van der Waals surface area contributed by atoms with Crippen molar-refractivity contribution in [2.75, 3.05) is 13.1 Å². The highest BCUT2D eigenvalue weighted by molar-refractivity contribution is 7.13. The molecule has 0 amide bonds. The molecule has 2 unspecified atom stereocenters. The largest absolute Gasteiger partial charge is 0.316 e. The van der Waals surface area contributed by atoms with Gasteiger partial charge in [0.1, 0.15) is 0 Å². The number of hydrogen-bond donors (Lipinski definition) is 1. The summed E-state index contributed by atoms with van der Waals surface area (Å²) in [6.45, 7) is 4.47. The number of carbonyl (C=O) groups excluding carboxylic acids is 1. The van der Waals surface area contributed by atoms with Crippen LogP contribution in [0.4, 0.5) is 0 Å². The molecule has 1 aliphatic rings. The van der Waals surface area contributed by atoms with Crippen molar-refractivity contribution in [3.63, 3.8) is 0 Å². The second-order valence-corrected chi connectivity index (χ2v) is 5.08. The molecule has 2 atom stereocenters. The zero-order valence-corrected chi connectivity index (χ0v) is 9.14. The maximum absolute atomic E-state index is 10.6. The van der Waals surface area contributed by atoms with Gasteiger partial charge in [-0.15, -0.1) is 11.3 Å². The quantitative estimate of drug-likeness (QED) is 0.757. The molecule has 1 fully saturated rings. The van der Waals surface area contributed by atoms with Crippen LogP contribution in [0.3, 0.4) is 0 Å². The molecule has 2 rings (SSSR count). The molecule has 1 aromatic rings. The van der Waals surface area contributed by atoms with Gasteiger partial charge in [0, 0.05) is 4.88 Å². The van der Waals surface area contributed by atoms with Gasteiger partial charge in [0.15, 0.2) is 6.29 Å². The average molecular weight is 209 g/mol. The van der Waals surface area contributed by atoms with E-state index in [1.807, 2.05) is 6.07 Å². The van der Waals surface area contributed by atoms with Gasteiger partial charge in [0.2, 0.25) is 0 Å². The Bertz CT molecular complexity index is 321. The monoisotopic (exact) mass is 209 g/mol. The van der Waals surface area contributed by atoms with E-state index in [-0.39, 0.29) is 0 Å². The van der Waals surface area contributed by atoms with Crippen LogP contribution in [0.15, 0.2) is 12.1 Å². The van der Waals surface area contributed by atoms with Crippen LogP contribution < -0.4 is 5.32 Å². The highest BCUT2D eigenvalue weighted by Crippen LogP contribution is 2.33. The third-order valence-corrected chi connectivity index (χ3v) is 4.06. The molecular formula is C11H15NOS. The smallest absolute Gasteiger partial charge is 0.160 e. The minimum absolute atomic E-state index is 0.648. The first-order valence-electron chi connectivity index (χ1n) is 5.07. The van der Waals surface area contributed by atoms with E-state index in [0.29, 0.717) is 11.8 Å². The van der Waals surface area contributed by atoms with Crippen LogP contribution in [-0.2, 0) is 0 Å². The minimum atomic E-state index is 0.648. The van der Waals surface area contributed by atoms with Crippen molar-refractivity contribution in [2.45, 2.75) is 19.3 Å². The third-order valence-electron chi connectivity index (χ3n) is 2.91. The lowest BCUT2D eigenvalue weighted by molar-refractivity contribution is 0.112. The Morgan fingerprint density at radius 2 is 2.43 bits per heavy atom. The maximum atomic E-state index is 10.6.